The van der Waals surface area contributed by atoms with Gasteiger partial charge >= 0.3 is 6.03 Å². The minimum absolute atomic E-state index is 0.220. The summed E-state index contributed by atoms with van der Waals surface area (Å²) < 4.78 is 22.9. The average Bonchev–Trinajstić information content (AvgIpc) is 2.01. The normalized spacial score (nSPS) is 13.2. The van der Waals surface area contributed by atoms with E-state index < -0.39 is 32.8 Å². The zero-order valence-corrected chi connectivity index (χ0v) is 9.21. The maximum absolute atomic E-state index is 11.4. The fourth-order valence-corrected chi connectivity index (χ4v) is 2.13. The van der Waals surface area contributed by atoms with Crippen LogP contribution in [0.4, 0.5) is 4.79 Å². The lowest BCUT2D eigenvalue weighted by atomic mass is 10.3. The van der Waals surface area contributed by atoms with Gasteiger partial charge in [-0.1, -0.05) is 0 Å². The highest BCUT2D eigenvalue weighted by atomic mass is 32.2. The van der Waals surface area contributed by atoms with Crippen LogP contribution in [0.2, 0.25) is 0 Å². The molecule has 1 atom stereocenters. The van der Waals surface area contributed by atoms with Crippen LogP contribution in [-0.4, -0.2) is 37.9 Å². The first-order valence-corrected chi connectivity index (χ1v) is 6.02. The van der Waals surface area contributed by atoms with Crippen molar-refractivity contribution in [2.75, 3.05) is 12.3 Å². The number of carbonyl (C=O) groups excluding carboxylic acids is 2. The molecule has 0 radical (unpaired) electrons. The van der Waals surface area contributed by atoms with Gasteiger partial charge in [-0.3, -0.25) is 10.1 Å². The van der Waals surface area contributed by atoms with Crippen molar-refractivity contribution in [1.29, 1.82) is 0 Å². The lowest BCUT2D eigenvalue weighted by molar-refractivity contribution is -0.117. The van der Waals surface area contributed by atoms with E-state index in [-0.39, 0.29) is 13.0 Å². The van der Waals surface area contributed by atoms with Crippen molar-refractivity contribution >= 4 is 21.8 Å². The molecule has 8 heteroatoms. The summed E-state index contributed by atoms with van der Waals surface area (Å²) in [6.07, 6.45) is 0.270. The predicted molar refractivity (Wildman–Crippen MR) is 54.6 cm³/mol. The van der Waals surface area contributed by atoms with Crippen LogP contribution in [0.15, 0.2) is 0 Å². The van der Waals surface area contributed by atoms with Gasteiger partial charge in [0.1, 0.15) is 5.75 Å². The van der Waals surface area contributed by atoms with Crippen molar-refractivity contribution < 1.29 is 18.0 Å². The Labute approximate surface area is 88.1 Å². The largest absolute Gasteiger partial charge is 0.351 e. The summed E-state index contributed by atoms with van der Waals surface area (Å²) in [7, 11) is -3.57. The van der Waals surface area contributed by atoms with Crippen molar-refractivity contribution in [3.05, 3.63) is 0 Å². The molecule has 5 N–H and O–H groups in total. The van der Waals surface area contributed by atoms with E-state index in [0.717, 1.165) is 0 Å². The molecule has 0 rings (SSSR count). The van der Waals surface area contributed by atoms with Crippen LogP contribution in [-0.2, 0) is 14.6 Å². The molecule has 0 aromatic heterocycles. The molecule has 7 nitrogen and oxygen atoms in total. The SMILES string of the molecule is CC(CCN)S(=O)(=O)CC(=O)NC(N)=O. The number of rotatable bonds is 5. The number of primary amides is 1. The first-order chi connectivity index (χ1) is 6.79. The van der Waals surface area contributed by atoms with Gasteiger partial charge in [0.2, 0.25) is 5.91 Å². The molecule has 0 bridgehead atoms. The maximum atomic E-state index is 11.4. The highest BCUT2D eigenvalue weighted by molar-refractivity contribution is 7.92. The van der Waals surface area contributed by atoms with Gasteiger partial charge in [-0.05, 0) is 19.9 Å². The average molecular weight is 237 g/mol. The molecular weight excluding hydrogens is 222 g/mol. The van der Waals surface area contributed by atoms with E-state index in [1.165, 1.54) is 6.92 Å². The summed E-state index contributed by atoms with van der Waals surface area (Å²) in [5, 5.41) is 0.978. The first kappa shape index (κ1) is 13.8. The van der Waals surface area contributed by atoms with Crippen molar-refractivity contribution in [3.63, 3.8) is 0 Å². The predicted octanol–water partition coefficient (Wildman–Crippen LogP) is -1.67. The van der Waals surface area contributed by atoms with Crippen molar-refractivity contribution in [3.8, 4) is 0 Å². The summed E-state index contributed by atoms with van der Waals surface area (Å²) in [4.78, 5) is 21.2. The van der Waals surface area contributed by atoms with Crippen LogP contribution in [0.5, 0.6) is 0 Å². The molecule has 0 saturated carbocycles. The summed E-state index contributed by atoms with van der Waals surface area (Å²) in [6.45, 7) is 1.68. The minimum Gasteiger partial charge on any atom is -0.351 e. The molecule has 0 heterocycles. The molecule has 88 valence electrons. The first-order valence-electron chi connectivity index (χ1n) is 4.30. The lowest BCUT2D eigenvalue weighted by Gasteiger charge is -2.10. The molecule has 0 aliphatic carbocycles. The van der Waals surface area contributed by atoms with E-state index in [1.807, 2.05) is 0 Å². The summed E-state index contributed by atoms with van der Waals surface area (Å²) in [6, 6.07) is -1.07. The molecule has 0 aliphatic rings. The second-order valence-electron chi connectivity index (χ2n) is 3.11. The quantitative estimate of drug-likeness (QED) is 0.526. The topological polar surface area (TPSA) is 132 Å². The Morgan fingerprint density at radius 2 is 1.93 bits per heavy atom. The number of carbonyl (C=O) groups is 2. The fourth-order valence-electron chi connectivity index (χ4n) is 0.913. The van der Waals surface area contributed by atoms with E-state index in [4.69, 9.17) is 5.73 Å². The van der Waals surface area contributed by atoms with Crippen LogP contribution < -0.4 is 16.8 Å². The highest BCUT2D eigenvalue weighted by Gasteiger charge is 2.24. The molecular formula is C7H15N3O4S. The monoisotopic (exact) mass is 237 g/mol. The van der Waals surface area contributed by atoms with Gasteiger partial charge in [0, 0.05) is 0 Å². The third-order valence-electron chi connectivity index (χ3n) is 1.78. The van der Waals surface area contributed by atoms with Gasteiger partial charge in [0.15, 0.2) is 9.84 Å². The second-order valence-corrected chi connectivity index (χ2v) is 5.53. The molecule has 1 unspecified atom stereocenters. The Morgan fingerprint density at radius 1 is 1.40 bits per heavy atom. The van der Waals surface area contributed by atoms with Gasteiger partial charge < -0.3 is 11.5 Å². The standard InChI is InChI=1S/C7H15N3O4S/c1-5(2-3-8)15(13,14)4-6(11)10-7(9)12/h5H,2-4,8H2,1H3,(H3,9,10,11,12). The van der Waals surface area contributed by atoms with E-state index >= 15 is 0 Å². The van der Waals surface area contributed by atoms with Crippen molar-refractivity contribution in [2.24, 2.45) is 11.5 Å². The Balaban J connectivity index is 4.38. The third kappa shape index (κ3) is 5.33. The van der Waals surface area contributed by atoms with Crippen LogP contribution in [0, 0.1) is 0 Å². The summed E-state index contributed by atoms with van der Waals surface area (Å²) in [5.74, 6) is -1.68. The number of imide groups is 1. The number of nitrogens with one attached hydrogen (secondary N) is 1. The maximum Gasteiger partial charge on any atom is 0.318 e. The third-order valence-corrected chi connectivity index (χ3v) is 3.91. The van der Waals surface area contributed by atoms with E-state index in [1.54, 1.807) is 5.32 Å². The van der Waals surface area contributed by atoms with Crippen molar-refractivity contribution in [2.45, 2.75) is 18.6 Å². The number of urea groups is 1. The number of amides is 3. The van der Waals surface area contributed by atoms with Gasteiger partial charge in [-0.15, -0.1) is 0 Å². The highest BCUT2D eigenvalue weighted by Crippen LogP contribution is 2.05. The molecule has 0 spiro atoms. The zero-order valence-electron chi connectivity index (χ0n) is 8.39. The Kier molecular flexibility index (Phi) is 5.23. The number of nitrogens with two attached hydrogens (primary N) is 2. The van der Waals surface area contributed by atoms with E-state index in [9.17, 15) is 18.0 Å². The van der Waals surface area contributed by atoms with Gasteiger partial charge in [-0.25, -0.2) is 13.2 Å². The van der Waals surface area contributed by atoms with Crippen LogP contribution in [0.25, 0.3) is 0 Å². The van der Waals surface area contributed by atoms with Gasteiger partial charge in [0.05, 0.1) is 5.25 Å². The smallest absolute Gasteiger partial charge is 0.318 e. The molecule has 0 saturated heterocycles. The Morgan fingerprint density at radius 3 is 2.33 bits per heavy atom. The van der Waals surface area contributed by atoms with Gasteiger partial charge in [-0.2, -0.15) is 0 Å². The Bertz CT molecular complexity index is 338. The van der Waals surface area contributed by atoms with Crippen LogP contribution in [0.3, 0.4) is 0 Å². The van der Waals surface area contributed by atoms with E-state index in [0.29, 0.717) is 0 Å². The summed E-state index contributed by atoms with van der Waals surface area (Å²) >= 11 is 0. The molecule has 0 fully saturated rings. The lowest BCUT2D eigenvalue weighted by Crippen LogP contribution is -2.40. The molecule has 3 amide bonds. The fraction of sp³-hybridized carbons (Fsp3) is 0.714. The molecule has 0 aromatic carbocycles. The number of sulfone groups is 1. The molecule has 0 aromatic rings. The molecule has 0 aliphatic heterocycles. The van der Waals surface area contributed by atoms with Crippen LogP contribution in [0.1, 0.15) is 13.3 Å². The number of hydrogen-bond donors (Lipinski definition) is 3. The van der Waals surface area contributed by atoms with Crippen LogP contribution >= 0.6 is 0 Å². The number of hydrogen-bond acceptors (Lipinski definition) is 5. The summed E-state index contributed by atoms with van der Waals surface area (Å²) in [5.41, 5.74) is 9.86. The zero-order chi connectivity index (χ0) is 12.1. The minimum atomic E-state index is -3.57. The van der Waals surface area contributed by atoms with Gasteiger partial charge in [0.25, 0.3) is 0 Å². The van der Waals surface area contributed by atoms with E-state index in [2.05, 4.69) is 5.73 Å². The van der Waals surface area contributed by atoms with Crippen molar-refractivity contribution in [1.82, 2.24) is 5.32 Å². The molecule has 15 heavy (non-hydrogen) atoms. The second kappa shape index (κ2) is 5.66. The Hall–Kier alpha value is -1.15.